The number of aliphatic hydroxyl groups excluding tert-OH is 1. The second kappa shape index (κ2) is 7.71. The Hall–Kier alpha value is -2.00. The summed E-state index contributed by atoms with van der Waals surface area (Å²) in [6.07, 6.45) is -0.709. The minimum absolute atomic E-state index is 0.0965. The lowest BCUT2D eigenvalue weighted by Crippen LogP contribution is -2.19. The van der Waals surface area contributed by atoms with E-state index in [1.54, 1.807) is 0 Å². The van der Waals surface area contributed by atoms with Crippen LogP contribution in [-0.4, -0.2) is 23.9 Å². The summed E-state index contributed by atoms with van der Waals surface area (Å²) < 4.78 is 5.47. The molecule has 0 aromatic heterocycles. The molecular weight excluding hydrogens is 298 g/mol. The van der Waals surface area contributed by atoms with E-state index < -0.39 is 6.10 Å². The zero-order valence-electron chi connectivity index (χ0n) is 15.0. The van der Waals surface area contributed by atoms with E-state index in [4.69, 9.17) is 4.74 Å². The Morgan fingerprint density at radius 1 is 1.00 bits per heavy atom. The van der Waals surface area contributed by atoms with Crippen molar-refractivity contribution in [1.29, 1.82) is 0 Å². The van der Waals surface area contributed by atoms with E-state index in [9.17, 15) is 5.11 Å². The Labute approximate surface area is 145 Å². The summed E-state index contributed by atoms with van der Waals surface area (Å²) in [5, 5.41) is 12.6. The van der Waals surface area contributed by atoms with Crippen molar-refractivity contribution < 1.29 is 9.84 Å². The van der Waals surface area contributed by atoms with Crippen LogP contribution < -0.4 is 10.1 Å². The molecule has 2 aromatic rings. The Balaban J connectivity index is 2.14. The number of rotatable bonds is 7. The predicted molar refractivity (Wildman–Crippen MR) is 101 cm³/mol. The first-order chi connectivity index (χ1) is 11.3. The smallest absolute Gasteiger partial charge is 0.119 e. The van der Waals surface area contributed by atoms with Gasteiger partial charge in [-0.3, -0.25) is 0 Å². The third-order valence-corrected chi connectivity index (χ3v) is 4.08. The van der Waals surface area contributed by atoms with Crippen LogP contribution in [0, 0.1) is 6.92 Å². The van der Waals surface area contributed by atoms with E-state index in [2.05, 4.69) is 76.3 Å². The van der Waals surface area contributed by atoms with Crippen LogP contribution >= 0.6 is 0 Å². The molecule has 3 heteroatoms. The molecule has 0 aliphatic carbocycles. The second-order valence-electron chi connectivity index (χ2n) is 6.99. The quantitative estimate of drug-likeness (QED) is 0.741. The van der Waals surface area contributed by atoms with Crippen molar-refractivity contribution >= 4 is 5.69 Å². The minimum atomic E-state index is -0.709. The van der Waals surface area contributed by atoms with E-state index in [1.807, 2.05) is 12.1 Å². The summed E-state index contributed by atoms with van der Waals surface area (Å²) in [5.41, 5.74) is 3.52. The van der Waals surface area contributed by atoms with Gasteiger partial charge in [-0.15, -0.1) is 0 Å². The molecular formula is C21H28NO2-. The molecule has 0 bridgehead atoms. The molecule has 3 nitrogen and oxygen atoms in total. The van der Waals surface area contributed by atoms with Gasteiger partial charge < -0.3 is 22.1 Å². The highest BCUT2D eigenvalue weighted by Gasteiger charge is 2.23. The molecule has 0 spiro atoms. The van der Waals surface area contributed by atoms with Crippen molar-refractivity contribution in [3.63, 3.8) is 0 Å². The van der Waals surface area contributed by atoms with E-state index in [1.165, 1.54) is 11.1 Å². The van der Waals surface area contributed by atoms with Crippen LogP contribution in [0.15, 0.2) is 48.5 Å². The summed E-state index contributed by atoms with van der Waals surface area (Å²) in [4.78, 5) is 0. The number of anilines is 1. The van der Waals surface area contributed by atoms with Gasteiger partial charge in [-0.2, -0.15) is 0 Å². The van der Waals surface area contributed by atoms with Crippen LogP contribution in [-0.2, 0) is 5.41 Å². The van der Waals surface area contributed by atoms with Gasteiger partial charge in [0.05, 0.1) is 6.61 Å². The highest BCUT2D eigenvalue weighted by atomic mass is 16.5. The van der Waals surface area contributed by atoms with Crippen LogP contribution in [0.25, 0.3) is 0 Å². The summed E-state index contributed by atoms with van der Waals surface area (Å²) in [7, 11) is 0. The lowest BCUT2D eigenvalue weighted by atomic mass is 9.78. The maximum Gasteiger partial charge on any atom is 0.119 e. The van der Waals surface area contributed by atoms with Crippen molar-refractivity contribution in [2.24, 2.45) is 0 Å². The number of hydrogen-bond acceptors (Lipinski definition) is 3. The topological polar surface area (TPSA) is 41.5 Å². The van der Waals surface area contributed by atoms with E-state index in [0.717, 1.165) is 11.4 Å². The molecule has 0 amide bonds. The highest BCUT2D eigenvalue weighted by Crippen LogP contribution is 2.33. The largest absolute Gasteiger partial charge is 0.494 e. The molecule has 0 fully saturated rings. The molecule has 0 heterocycles. The molecule has 1 atom stereocenters. The Bertz CT molecular complexity index is 628. The van der Waals surface area contributed by atoms with Gasteiger partial charge in [-0.05, 0) is 55.3 Å². The highest BCUT2D eigenvalue weighted by molar-refractivity contribution is 5.49. The maximum atomic E-state index is 9.18. The number of ether oxygens (including phenoxy) is 1. The molecule has 0 saturated carbocycles. The molecule has 2 rings (SSSR count). The lowest BCUT2D eigenvalue weighted by molar-refractivity contribution is 0.142. The van der Waals surface area contributed by atoms with Gasteiger partial charge >= 0.3 is 0 Å². The van der Waals surface area contributed by atoms with Crippen LogP contribution in [0.2, 0.25) is 0 Å². The SMILES string of the molecule is [CH2-]C(O)COc1ccc(C(C)(C)c2ccc(NC(C)C)cc2)cc1. The summed E-state index contributed by atoms with van der Waals surface area (Å²) in [6.45, 7) is 12.4. The fraction of sp³-hybridized carbons (Fsp3) is 0.381. The zero-order valence-corrected chi connectivity index (χ0v) is 15.0. The average molecular weight is 326 g/mol. The first-order valence-electron chi connectivity index (χ1n) is 8.40. The first-order valence-corrected chi connectivity index (χ1v) is 8.40. The second-order valence-corrected chi connectivity index (χ2v) is 6.99. The van der Waals surface area contributed by atoms with Gasteiger partial charge in [0.25, 0.3) is 0 Å². The van der Waals surface area contributed by atoms with Crippen molar-refractivity contribution in [1.82, 2.24) is 0 Å². The van der Waals surface area contributed by atoms with Crippen LogP contribution in [0.1, 0.15) is 38.8 Å². The first kappa shape index (κ1) is 18.3. The molecule has 0 saturated heterocycles. The van der Waals surface area contributed by atoms with Crippen molar-refractivity contribution in [2.75, 3.05) is 11.9 Å². The molecule has 0 aliphatic rings. The van der Waals surface area contributed by atoms with Gasteiger partial charge in [0, 0.05) is 17.1 Å². The molecule has 24 heavy (non-hydrogen) atoms. The summed E-state index contributed by atoms with van der Waals surface area (Å²) in [6, 6.07) is 17.1. The third-order valence-electron chi connectivity index (χ3n) is 4.08. The Morgan fingerprint density at radius 3 is 1.96 bits per heavy atom. The zero-order chi connectivity index (χ0) is 17.7. The standard InChI is InChI=1S/C21H28NO2/c1-15(2)22-19-10-6-17(7-11-19)21(4,5)18-8-12-20(13-9-18)24-14-16(3)23/h6-13,15-16,22-23H,3,14H2,1-2,4-5H3/q-1. The molecule has 0 radical (unpaired) electrons. The Kier molecular flexibility index (Phi) is 5.89. The van der Waals surface area contributed by atoms with Gasteiger partial charge in [0.1, 0.15) is 5.75 Å². The maximum absolute atomic E-state index is 9.18. The van der Waals surface area contributed by atoms with Crippen molar-refractivity contribution in [3.05, 3.63) is 66.6 Å². The van der Waals surface area contributed by atoms with Gasteiger partial charge in [0.2, 0.25) is 0 Å². The molecule has 130 valence electrons. The summed E-state index contributed by atoms with van der Waals surface area (Å²) >= 11 is 0. The van der Waals surface area contributed by atoms with E-state index >= 15 is 0 Å². The number of benzene rings is 2. The van der Waals surface area contributed by atoms with Crippen LogP contribution in [0.5, 0.6) is 5.75 Å². The number of nitrogens with one attached hydrogen (secondary N) is 1. The molecule has 1 unspecified atom stereocenters. The van der Waals surface area contributed by atoms with Crippen molar-refractivity contribution in [3.8, 4) is 5.75 Å². The normalized spacial score (nSPS) is 13.0. The average Bonchev–Trinajstić information content (AvgIpc) is 2.53. The fourth-order valence-corrected chi connectivity index (χ4v) is 2.64. The van der Waals surface area contributed by atoms with Crippen LogP contribution in [0.4, 0.5) is 5.69 Å². The Morgan fingerprint density at radius 2 is 1.50 bits per heavy atom. The monoisotopic (exact) mass is 326 g/mol. The van der Waals surface area contributed by atoms with Crippen molar-refractivity contribution in [2.45, 2.75) is 45.3 Å². The molecule has 2 aromatic carbocycles. The predicted octanol–water partition coefficient (Wildman–Crippen LogP) is 4.41. The van der Waals surface area contributed by atoms with E-state index in [0.29, 0.717) is 6.04 Å². The van der Waals surface area contributed by atoms with E-state index in [-0.39, 0.29) is 12.0 Å². The molecule has 2 N–H and O–H groups in total. The summed E-state index contributed by atoms with van der Waals surface area (Å²) in [5.74, 6) is 0.744. The van der Waals surface area contributed by atoms with Gasteiger partial charge in [-0.25, -0.2) is 0 Å². The number of aliphatic hydroxyl groups is 1. The number of hydrogen-bond donors (Lipinski definition) is 2. The van der Waals surface area contributed by atoms with Gasteiger partial charge in [-0.1, -0.05) is 38.1 Å². The lowest BCUT2D eigenvalue weighted by Gasteiger charge is -2.27. The third kappa shape index (κ3) is 4.75. The fourth-order valence-electron chi connectivity index (χ4n) is 2.64. The van der Waals surface area contributed by atoms with Gasteiger partial charge in [0.15, 0.2) is 0 Å². The minimum Gasteiger partial charge on any atom is -0.494 e. The molecule has 0 aliphatic heterocycles. The van der Waals surface area contributed by atoms with Crippen LogP contribution in [0.3, 0.4) is 0 Å².